The molecule has 0 amide bonds. The van der Waals surface area contributed by atoms with Crippen LogP contribution < -0.4 is 0 Å². The van der Waals surface area contributed by atoms with Crippen LogP contribution in [0.3, 0.4) is 0 Å². The molecule has 4 nitrogen and oxygen atoms in total. The Kier molecular flexibility index (Phi) is 6.21. The van der Waals surface area contributed by atoms with Gasteiger partial charge in [0, 0.05) is 39.0 Å². The van der Waals surface area contributed by atoms with Gasteiger partial charge < -0.3 is 9.30 Å². The number of nitrogens with zero attached hydrogens (tertiary/aromatic N) is 3. The lowest BCUT2D eigenvalue weighted by atomic mass is 10.2. The largest absolute Gasteiger partial charge is 0.377 e. The molecule has 3 rings (SSSR count). The second kappa shape index (κ2) is 8.81. The van der Waals surface area contributed by atoms with Crippen molar-refractivity contribution in [2.45, 2.75) is 39.0 Å². The zero-order valence-corrected chi connectivity index (χ0v) is 14.5. The van der Waals surface area contributed by atoms with Crippen LogP contribution in [-0.4, -0.2) is 40.3 Å². The summed E-state index contributed by atoms with van der Waals surface area (Å²) in [6.07, 6.45) is 11.1. The minimum Gasteiger partial charge on any atom is -0.377 e. The zero-order valence-electron chi connectivity index (χ0n) is 14.5. The van der Waals surface area contributed by atoms with E-state index in [-0.39, 0.29) is 0 Å². The molecule has 1 aromatic carbocycles. The molecule has 0 aliphatic carbocycles. The van der Waals surface area contributed by atoms with Crippen molar-refractivity contribution >= 4 is 6.08 Å². The maximum Gasteiger partial charge on any atom is 0.0948 e. The summed E-state index contributed by atoms with van der Waals surface area (Å²) in [6.45, 7) is 6.84. The van der Waals surface area contributed by atoms with Gasteiger partial charge in [0.2, 0.25) is 0 Å². The van der Waals surface area contributed by atoms with Crippen LogP contribution in [0.25, 0.3) is 6.08 Å². The van der Waals surface area contributed by atoms with E-state index in [1.807, 2.05) is 18.6 Å². The highest BCUT2D eigenvalue weighted by molar-refractivity contribution is 5.48. The maximum atomic E-state index is 5.84. The Hall–Kier alpha value is -1.91. The molecule has 0 bridgehead atoms. The van der Waals surface area contributed by atoms with Crippen molar-refractivity contribution in [1.82, 2.24) is 14.5 Å². The molecule has 24 heavy (non-hydrogen) atoms. The first-order chi connectivity index (χ1) is 11.8. The van der Waals surface area contributed by atoms with Gasteiger partial charge in [-0.15, -0.1) is 0 Å². The van der Waals surface area contributed by atoms with Crippen LogP contribution in [0, 0.1) is 0 Å². The first kappa shape index (κ1) is 16.9. The zero-order chi connectivity index (χ0) is 16.6. The van der Waals surface area contributed by atoms with Gasteiger partial charge in [0.15, 0.2) is 0 Å². The van der Waals surface area contributed by atoms with E-state index in [0.29, 0.717) is 6.10 Å². The van der Waals surface area contributed by atoms with Gasteiger partial charge in [-0.3, -0.25) is 4.90 Å². The fourth-order valence-corrected chi connectivity index (χ4v) is 3.18. The van der Waals surface area contributed by atoms with E-state index in [1.54, 1.807) is 0 Å². The molecule has 1 aliphatic heterocycles. The van der Waals surface area contributed by atoms with Gasteiger partial charge in [-0.1, -0.05) is 42.5 Å². The normalized spacial score (nSPS) is 18.0. The Morgan fingerprint density at radius 1 is 1.33 bits per heavy atom. The molecule has 0 radical (unpaired) electrons. The van der Waals surface area contributed by atoms with Crippen LogP contribution in [0.15, 0.2) is 48.9 Å². The molecule has 0 spiro atoms. The summed E-state index contributed by atoms with van der Waals surface area (Å²) in [5, 5.41) is 0. The van der Waals surface area contributed by atoms with Crippen LogP contribution in [0.5, 0.6) is 0 Å². The lowest BCUT2D eigenvalue weighted by Gasteiger charge is -2.24. The van der Waals surface area contributed by atoms with Crippen LogP contribution in [-0.2, 0) is 17.8 Å². The monoisotopic (exact) mass is 325 g/mol. The lowest BCUT2D eigenvalue weighted by Crippen LogP contribution is -2.32. The predicted octanol–water partition coefficient (Wildman–Crippen LogP) is 3.60. The van der Waals surface area contributed by atoms with E-state index in [9.17, 15) is 0 Å². The van der Waals surface area contributed by atoms with E-state index in [0.717, 1.165) is 32.8 Å². The van der Waals surface area contributed by atoms with Gasteiger partial charge in [0.25, 0.3) is 0 Å². The first-order valence-corrected chi connectivity index (χ1v) is 8.89. The second-order valence-corrected chi connectivity index (χ2v) is 6.31. The molecule has 1 saturated heterocycles. The molecule has 1 fully saturated rings. The van der Waals surface area contributed by atoms with E-state index >= 15 is 0 Å². The predicted molar refractivity (Wildman–Crippen MR) is 97.6 cm³/mol. The Morgan fingerprint density at radius 2 is 2.21 bits per heavy atom. The average Bonchev–Trinajstić information content (AvgIpc) is 3.27. The summed E-state index contributed by atoms with van der Waals surface area (Å²) < 4.78 is 8.05. The number of ether oxygens (including phenoxy) is 1. The van der Waals surface area contributed by atoms with Gasteiger partial charge in [-0.05, 0) is 25.3 Å². The average molecular weight is 325 g/mol. The fraction of sp³-hybridized carbons (Fsp3) is 0.450. The van der Waals surface area contributed by atoms with Crippen LogP contribution >= 0.6 is 0 Å². The van der Waals surface area contributed by atoms with Crippen LogP contribution in [0.2, 0.25) is 0 Å². The molecule has 1 aliphatic rings. The lowest BCUT2D eigenvalue weighted by molar-refractivity contribution is 0.0740. The molecule has 1 atom stereocenters. The van der Waals surface area contributed by atoms with Gasteiger partial charge in [-0.25, -0.2) is 4.98 Å². The number of benzene rings is 1. The Bertz CT molecular complexity index is 629. The third-order valence-electron chi connectivity index (χ3n) is 4.48. The van der Waals surface area contributed by atoms with E-state index in [2.05, 4.69) is 57.8 Å². The third kappa shape index (κ3) is 4.79. The third-order valence-corrected chi connectivity index (χ3v) is 4.48. The van der Waals surface area contributed by atoms with Crippen LogP contribution in [0.4, 0.5) is 0 Å². The van der Waals surface area contributed by atoms with Crippen molar-refractivity contribution in [2.24, 2.45) is 0 Å². The summed E-state index contributed by atoms with van der Waals surface area (Å²) in [5.41, 5.74) is 2.51. The summed E-state index contributed by atoms with van der Waals surface area (Å²) in [5.74, 6) is 0. The number of imidazole rings is 1. The fourth-order valence-electron chi connectivity index (χ4n) is 3.18. The number of aryl methyl sites for hydroxylation is 1. The molecule has 2 aromatic rings. The summed E-state index contributed by atoms with van der Waals surface area (Å²) >= 11 is 0. The smallest absolute Gasteiger partial charge is 0.0948 e. The molecule has 0 saturated carbocycles. The first-order valence-electron chi connectivity index (χ1n) is 8.89. The Balaban J connectivity index is 1.63. The quantitative estimate of drug-likeness (QED) is 0.743. The van der Waals surface area contributed by atoms with Gasteiger partial charge in [0.05, 0.1) is 18.1 Å². The summed E-state index contributed by atoms with van der Waals surface area (Å²) in [7, 11) is 0. The van der Waals surface area contributed by atoms with Gasteiger partial charge in [0.1, 0.15) is 0 Å². The van der Waals surface area contributed by atoms with Crippen molar-refractivity contribution in [3.8, 4) is 0 Å². The van der Waals surface area contributed by atoms with Crippen molar-refractivity contribution in [3.05, 3.63) is 60.2 Å². The van der Waals surface area contributed by atoms with Crippen molar-refractivity contribution in [2.75, 3.05) is 19.7 Å². The molecule has 1 aromatic heterocycles. The number of hydrogen-bond donors (Lipinski definition) is 0. The number of rotatable bonds is 8. The van der Waals surface area contributed by atoms with Crippen LogP contribution in [0.1, 0.15) is 31.0 Å². The molecular formula is C20H27N3O. The van der Waals surface area contributed by atoms with Gasteiger partial charge >= 0.3 is 0 Å². The second-order valence-electron chi connectivity index (χ2n) is 6.31. The molecule has 2 heterocycles. The molecule has 4 heteroatoms. The number of aromatic nitrogens is 2. The van der Waals surface area contributed by atoms with E-state index in [1.165, 1.54) is 24.1 Å². The van der Waals surface area contributed by atoms with E-state index in [4.69, 9.17) is 4.74 Å². The molecule has 0 N–H and O–H groups in total. The maximum absolute atomic E-state index is 5.84. The van der Waals surface area contributed by atoms with E-state index < -0.39 is 0 Å². The van der Waals surface area contributed by atoms with Gasteiger partial charge in [-0.2, -0.15) is 0 Å². The SMILES string of the molecule is CCn1cncc1CN(C/C=C/c1ccccc1)CC1CCCO1. The number of hydrogen-bond acceptors (Lipinski definition) is 3. The minimum absolute atomic E-state index is 0.369. The highest BCUT2D eigenvalue weighted by Crippen LogP contribution is 2.15. The van der Waals surface area contributed by atoms with Crippen molar-refractivity contribution < 1.29 is 4.74 Å². The summed E-state index contributed by atoms with van der Waals surface area (Å²) in [4.78, 5) is 6.75. The molecule has 128 valence electrons. The standard InChI is InChI=1S/C20H27N3O/c1-2-23-17-21-14-19(23)15-22(16-20-11-7-13-24-20)12-6-10-18-8-4-3-5-9-18/h3-6,8-10,14,17,20H,2,7,11-13,15-16H2,1H3/b10-6+. The summed E-state index contributed by atoms with van der Waals surface area (Å²) in [6, 6.07) is 10.5. The Morgan fingerprint density at radius 3 is 2.96 bits per heavy atom. The Labute approximate surface area is 144 Å². The van der Waals surface area contributed by atoms with Crippen molar-refractivity contribution in [1.29, 1.82) is 0 Å². The molecule has 1 unspecified atom stereocenters. The molecular weight excluding hydrogens is 298 g/mol. The highest BCUT2D eigenvalue weighted by Gasteiger charge is 2.19. The highest BCUT2D eigenvalue weighted by atomic mass is 16.5. The minimum atomic E-state index is 0.369. The van der Waals surface area contributed by atoms with Crippen molar-refractivity contribution in [3.63, 3.8) is 0 Å². The topological polar surface area (TPSA) is 30.3 Å².